The Morgan fingerprint density at radius 2 is 1.94 bits per heavy atom. The van der Waals surface area contributed by atoms with Gasteiger partial charge >= 0.3 is 5.97 Å². The summed E-state index contributed by atoms with van der Waals surface area (Å²) in [4.78, 5) is 18.0. The number of aromatic carboxylic acids is 1. The predicted octanol–water partition coefficient (Wildman–Crippen LogP) is 5.34. The Hall–Kier alpha value is -3.94. The quantitative estimate of drug-likeness (QED) is 0.411. The zero-order valence-corrected chi connectivity index (χ0v) is 20.1. The van der Waals surface area contributed by atoms with Gasteiger partial charge < -0.3 is 14.5 Å². The van der Waals surface area contributed by atoms with Crippen LogP contribution in [0.5, 0.6) is 0 Å². The number of hydrogen-bond donors (Lipinski definition) is 1. The fraction of sp³-hybridized carbons (Fsp3) is 0.357. The molecular weight excluding hydrogens is 454 g/mol. The lowest BCUT2D eigenvalue weighted by molar-refractivity contribution is 0.0699. The fourth-order valence-corrected chi connectivity index (χ4v) is 5.83. The van der Waals surface area contributed by atoms with Crippen LogP contribution in [0, 0.1) is 12.3 Å². The average molecular weight is 482 g/mol. The third-order valence-electron chi connectivity index (χ3n) is 8.09. The van der Waals surface area contributed by atoms with Crippen molar-refractivity contribution >= 4 is 23.0 Å². The summed E-state index contributed by atoms with van der Waals surface area (Å²) in [5, 5.41) is 18.4. The largest absolute Gasteiger partial charge is 0.478 e. The third kappa shape index (κ3) is 3.35. The molecular formula is C28H27N5O3. The number of piperidine rings is 1. The molecule has 0 atom stereocenters. The van der Waals surface area contributed by atoms with Crippen LogP contribution < -0.4 is 4.90 Å². The molecule has 4 heterocycles. The second kappa shape index (κ2) is 7.78. The van der Waals surface area contributed by atoms with E-state index < -0.39 is 5.97 Å². The Balaban J connectivity index is 1.13. The van der Waals surface area contributed by atoms with Crippen LogP contribution >= 0.6 is 0 Å². The lowest BCUT2D eigenvalue weighted by atomic mass is 9.63. The van der Waals surface area contributed by atoms with E-state index in [-0.39, 0.29) is 11.0 Å². The molecule has 36 heavy (non-hydrogen) atoms. The number of allylic oxidation sites excluding steroid dienone is 2. The predicted molar refractivity (Wildman–Crippen MR) is 135 cm³/mol. The number of fused-ring (bicyclic) bond motifs is 1. The summed E-state index contributed by atoms with van der Waals surface area (Å²) in [5.41, 5.74) is 6.89. The standard InChI is InChI=1S/C28H27N5O3/c1-17-4-2-3-5-20(17)24-23(25(36-31-24)18-6-7-18)19-14-28(15-19)9-12-32(13-10-28)27-29-16-22-21(26(34)35)8-11-33(22)30-27/h2-5,8,11,14,16,18H,6-7,9-10,12-13,15H2,1H3,(H,34,35). The molecule has 8 heteroatoms. The number of carboxylic acid groups (broad SMARTS) is 1. The van der Waals surface area contributed by atoms with Crippen LogP contribution in [0.4, 0.5) is 5.95 Å². The van der Waals surface area contributed by atoms with Crippen molar-refractivity contribution in [3.05, 3.63) is 71.3 Å². The Bertz CT molecular complexity index is 1540. The van der Waals surface area contributed by atoms with Crippen molar-refractivity contribution in [1.29, 1.82) is 0 Å². The summed E-state index contributed by atoms with van der Waals surface area (Å²) in [6.45, 7) is 3.87. The molecule has 1 spiro atoms. The molecule has 1 aromatic carbocycles. The van der Waals surface area contributed by atoms with Crippen molar-refractivity contribution < 1.29 is 14.4 Å². The number of carbonyl (C=O) groups is 1. The molecule has 3 aromatic heterocycles. The molecule has 0 amide bonds. The smallest absolute Gasteiger partial charge is 0.338 e. The van der Waals surface area contributed by atoms with E-state index in [1.165, 1.54) is 29.5 Å². The first-order chi connectivity index (χ1) is 17.5. The number of hydrogen-bond acceptors (Lipinski definition) is 6. The zero-order valence-electron chi connectivity index (χ0n) is 20.1. The van der Waals surface area contributed by atoms with Gasteiger partial charge in [-0.05, 0) is 61.6 Å². The molecule has 3 aliphatic rings. The van der Waals surface area contributed by atoms with Gasteiger partial charge in [-0.2, -0.15) is 0 Å². The minimum atomic E-state index is -0.968. The third-order valence-corrected chi connectivity index (χ3v) is 8.09. The summed E-state index contributed by atoms with van der Waals surface area (Å²) in [6.07, 6.45) is 11.2. The molecule has 2 fully saturated rings. The Morgan fingerprint density at radius 3 is 2.67 bits per heavy atom. The summed E-state index contributed by atoms with van der Waals surface area (Å²) in [7, 11) is 0. The van der Waals surface area contributed by atoms with E-state index in [0.717, 1.165) is 49.4 Å². The fourth-order valence-electron chi connectivity index (χ4n) is 5.83. The first-order valence-corrected chi connectivity index (χ1v) is 12.6. The van der Waals surface area contributed by atoms with Crippen molar-refractivity contribution in [2.24, 2.45) is 5.41 Å². The van der Waals surface area contributed by atoms with Gasteiger partial charge in [-0.25, -0.2) is 14.3 Å². The molecule has 4 aromatic rings. The highest BCUT2D eigenvalue weighted by atomic mass is 16.5. The van der Waals surface area contributed by atoms with Gasteiger partial charge in [-0.15, -0.1) is 5.10 Å². The molecule has 0 radical (unpaired) electrons. The number of aryl methyl sites for hydroxylation is 1. The minimum absolute atomic E-state index is 0.195. The van der Waals surface area contributed by atoms with E-state index in [0.29, 0.717) is 17.4 Å². The van der Waals surface area contributed by atoms with E-state index in [1.807, 2.05) is 0 Å². The van der Waals surface area contributed by atoms with E-state index in [9.17, 15) is 9.90 Å². The van der Waals surface area contributed by atoms with Crippen LogP contribution in [-0.2, 0) is 0 Å². The molecule has 1 saturated carbocycles. The van der Waals surface area contributed by atoms with Crippen LogP contribution in [0.3, 0.4) is 0 Å². The van der Waals surface area contributed by atoms with Gasteiger partial charge in [0.2, 0.25) is 5.95 Å². The van der Waals surface area contributed by atoms with Gasteiger partial charge in [-0.3, -0.25) is 0 Å². The lowest BCUT2D eigenvalue weighted by Crippen LogP contribution is -2.43. The van der Waals surface area contributed by atoms with E-state index >= 15 is 0 Å². The summed E-state index contributed by atoms with van der Waals surface area (Å²) in [6, 6.07) is 9.97. The van der Waals surface area contributed by atoms with Crippen molar-refractivity contribution in [3.8, 4) is 11.3 Å². The van der Waals surface area contributed by atoms with Crippen molar-refractivity contribution in [1.82, 2.24) is 19.8 Å². The highest BCUT2D eigenvalue weighted by Crippen LogP contribution is 2.55. The molecule has 2 aliphatic carbocycles. The first kappa shape index (κ1) is 21.4. The van der Waals surface area contributed by atoms with Gasteiger partial charge in [0.25, 0.3) is 0 Å². The number of nitrogens with zero attached hydrogens (tertiary/aromatic N) is 5. The number of rotatable bonds is 5. The highest BCUT2D eigenvalue weighted by molar-refractivity contribution is 5.95. The van der Waals surface area contributed by atoms with Crippen LogP contribution in [0.25, 0.3) is 22.3 Å². The van der Waals surface area contributed by atoms with E-state index in [2.05, 4.69) is 57.4 Å². The second-order valence-electron chi connectivity index (χ2n) is 10.5. The van der Waals surface area contributed by atoms with Crippen molar-refractivity contribution in [2.45, 2.75) is 44.9 Å². The molecule has 1 saturated heterocycles. The second-order valence-corrected chi connectivity index (χ2v) is 10.5. The molecule has 0 unspecified atom stereocenters. The number of benzene rings is 1. The zero-order chi connectivity index (χ0) is 24.4. The van der Waals surface area contributed by atoms with Gasteiger partial charge in [0.05, 0.1) is 17.3 Å². The Morgan fingerprint density at radius 1 is 1.17 bits per heavy atom. The van der Waals surface area contributed by atoms with Crippen molar-refractivity contribution in [2.75, 3.05) is 18.0 Å². The van der Waals surface area contributed by atoms with Crippen LogP contribution in [0.2, 0.25) is 0 Å². The summed E-state index contributed by atoms with van der Waals surface area (Å²) >= 11 is 0. The molecule has 182 valence electrons. The van der Waals surface area contributed by atoms with Crippen LogP contribution in [0.1, 0.15) is 65.3 Å². The number of aromatic nitrogens is 4. The minimum Gasteiger partial charge on any atom is -0.478 e. The van der Waals surface area contributed by atoms with Gasteiger partial charge in [0.15, 0.2) is 0 Å². The maximum atomic E-state index is 11.4. The van der Waals surface area contributed by atoms with Gasteiger partial charge in [0, 0.05) is 36.3 Å². The average Bonchev–Trinajstić information content (AvgIpc) is 3.47. The molecule has 0 bridgehead atoms. The summed E-state index contributed by atoms with van der Waals surface area (Å²) in [5.74, 6) is 1.25. The van der Waals surface area contributed by atoms with Crippen LogP contribution in [-0.4, -0.2) is 43.9 Å². The lowest BCUT2D eigenvalue weighted by Gasteiger charge is -2.46. The number of anilines is 1. The Labute approximate surface area is 208 Å². The maximum absolute atomic E-state index is 11.4. The molecule has 7 rings (SSSR count). The van der Waals surface area contributed by atoms with Crippen LogP contribution in [0.15, 0.2) is 53.3 Å². The molecule has 1 aliphatic heterocycles. The van der Waals surface area contributed by atoms with Crippen molar-refractivity contribution in [3.63, 3.8) is 0 Å². The normalized spacial score (nSPS) is 18.9. The maximum Gasteiger partial charge on any atom is 0.338 e. The number of carboxylic acids is 1. The Kier molecular flexibility index (Phi) is 4.61. The topological polar surface area (TPSA) is 96.8 Å². The van der Waals surface area contributed by atoms with Gasteiger partial charge in [0.1, 0.15) is 11.5 Å². The van der Waals surface area contributed by atoms with E-state index in [1.54, 1.807) is 23.0 Å². The SMILES string of the molecule is Cc1ccccc1-c1noc(C2CC2)c1C1=CC2(CCN(c3ncc4c(C(=O)O)ccn4n3)CC2)C1. The summed E-state index contributed by atoms with van der Waals surface area (Å²) < 4.78 is 7.54. The highest BCUT2D eigenvalue weighted by Gasteiger charge is 2.44. The first-order valence-electron chi connectivity index (χ1n) is 12.6. The van der Waals surface area contributed by atoms with E-state index in [4.69, 9.17) is 4.52 Å². The molecule has 1 N–H and O–H groups in total. The van der Waals surface area contributed by atoms with Gasteiger partial charge in [-0.1, -0.05) is 35.5 Å². The molecule has 8 nitrogen and oxygen atoms in total. The monoisotopic (exact) mass is 481 g/mol.